The van der Waals surface area contributed by atoms with Gasteiger partial charge in [0.05, 0.1) is 17.5 Å². The number of nitrogens with zero attached hydrogens (tertiary/aromatic N) is 2. The normalized spacial score (nSPS) is 12.8. The molecule has 0 amide bonds. The summed E-state index contributed by atoms with van der Waals surface area (Å²) in [5.41, 5.74) is 2.75. The maximum absolute atomic E-state index is 10.0. The van der Waals surface area contributed by atoms with Crippen molar-refractivity contribution in [1.82, 2.24) is 10.2 Å². The topological polar surface area (TPSA) is 46.0 Å². The fourth-order valence-electron chi connectivity index (χ4n) is 1.65. The molecule has 0 bridgehead atoms. The van der Waals surface area contributed by atoms with E-state index in [0.29, 0.717) is 0 Å². The summed E-state index contributed by atoms with van der Waals surface area (Å²) in [7, 11) is 0. The predicted octanol–water partition coefficient (Wildman–Crippen LogP) is 2.57. The van der Waals surface area contributed by atoms with Crippen molar-refractivity contribution in [2.24, 2.45) is 0 Å². The van der Waals surface area contributed by atoms with E-state index in [0.717, 1.165) is 42.6 Å². The number of rotatable bonds is 5. The molecule has 1 N–H and O–H groups in total. The number of aliphatic hydroxyl groups excluding tert-OH is 1. The van der Waals surface area contributed by atoms with Crippen molar-refractivity contribution in [3.8, 4) is 0 Å². The first-order valence-corrected chi connectivity index (χ1v) is 5.70. The molecule has 0 aliphatic carbocycles. The van der Waals surface area contributed by atoms with Gasteiger partial charge in [-0.3, -0.25) is 0 Å². The van der Waals surface area contributed by atoms with Crippen molar-refractivity contribution in [1.29, 1.82) is 0 Å². The van der Waals surface area contributed by atoms with E-state index in [9.17, 15) is 5.11 Å². The van der Waals surface area contributed by atoms with Gasteiger partial charge in [-0.2, -0.15) is 10.2 Å². The molecule has 0 aliphatic rings. The number of aliphatic hydroxyl groups is 1. The molecule has 0 saturated heterocycles. The average Bonchev–Trinajstić information content (AvgIpc) is 2.25. The minimum Gasteiger partial charge on any atom is -0.388 e. The van der Waals surface area contributed by atoms with Gasteiger partial charge in [-0.15, -0.1) is 0 Å². The zero-order chi connectivity index (χ0) is 11.3. The molecule has 15 heavy (non-hydrogen) atoms. The lowest BCUT2D eigenvalue weighted by Gasteiger charge is -2.13. The third kappa shape index (κ3) is 3.27. The molecule has 0 fully saturated rings. The first-order valence-electron chi connectivity index (χ1n) is 5.70. The standard InChI is InChI=1S/C12H20N2O/c1-4-6-7-12(15)10-8-9(3)13-14-11(10)5-2/h8,12,15H,4-7H2,1-3H3. The lowest BCUT2D eigenvalue weighted by Crippen LogP contribution is -2.06. The van der Waals surface area contributed by atoms with Gasteiger partial charge in [0.25, 0.3) is 0 Å². The molecule has 1 rings (SSSR count). The van der Waals surface area contributed by atoms with E-state index in [2.05, 4.69) is 17.1 Å². The predicted molar refractivity (Wildman–Crippen MR) is 60.6 cm³/mol. The van der Waals surface area contributed by atoms with Gasteiger partial charge in [0.2, 0.25) is 0 Å². The van der Waals surface area contributed by atoms with Gasteiger partial charge in [-0.05, 0) is 25.8 Å². The Balaban J connectivity index is 2.85. The maximum atomic E-state index is 10.0. The summed E-state index contributed by atoms with van der Waals surface area (Å²) in [4.78, 5) is 0. The zero-order valence-electron chi connectivity index (χ0n) is 9.82. The Kier molecular flexibility index (Phi) is 4.69. The van der Waals surface area contributed by atoms with Crippen LogP contribution in [0.5, 0.6) is 0 Å². The SMILES string of the molecule is CCCCC(O)c1cc(C)nnc1CC. The minimum absolute atomic E-state index is 0.380. The largest absolute Gasteiger partial charge is 0.388 e. The third-order valence-corrected chi connectivity index (χ3v) is 2.55. The van der Waals surface area contributed by atoms with Crippen molar-refractivity contribution in [2.75, 3.05) is 0 Å². The zero-order valence-corrected chi connectivity index (χ0v) is 9.82. The van der Waals surface area contributed by atoms with Gasteiger partial charge in [0.1, 0.15) is 0 Å². The number of hydrogen-bond acceptors (Lipinski definition) is 3. The fourth-order valence-corrected chi connectivity index (χ4v) is 1.65. The minimum atomic E-state index is -0.380. The summed E-state index contributed by atoms with van der Waals surface area (Å²) in [6, 6.07) is 1.95. The Hall–Kier alpha value is -0.960. The molecule has 1 heterocycles. The van der Waals surface area contributed by atoms with Crippen LogP contribution in [-0.4, -0.2) is 15.3 Å². The van der Waals surface area contributed by atoms with Crippen LogP contribution in [0.1, 0.15) is 56.2 Å². The molecule has 1 unspecified atom stereocenters. The molecule has 0 spiro atoms. The van der Waals surface area contributed by atoms with Crippen molar-refractivity contribution in [3.05, 3.63) is 23.0 Å². The molecule has 84 valence electrons. The molecule has 0 aromatic carbocycles. The van der Waals surface area contributed by atoms with Crippen molar-refractivity contribution in [3.63, 3.8) is 0 Å². The van der Waals surface area contributed by atoms with Crippen LogP contribution in [0.2, 0.25) is 0 Å². The highest BCUT2D eigenvalue weighted by molar-refractivity contribution is 5.23. The van der Waals surface area contributed by atoms with E-state index in [4.69, 9.17) is 0 Å². The summed E-state index contributed by atoms with van der Waals surface area (Å²) < 4.78 is 0. The highest BCUT2D eigenvalue weighted by Crippen LogP contribution is 2.22. The van der Waals surface area contributed by atoms with Crippen molar-refractivity contribution in [2.45, 2.75) is 52.6 Å². The van der Waals surface area contributed by atoms with E-state index >= 15 is 0 Å². The molecule has 1 atom stereocenters. The van der Waals surface area contributed by atoms with Crippen molar-refractivity contribution >= 4 is 0 Å². The second-order valence-electron chi connectivity index (χ2n) is 3.90. The summed E-state index contributed by atoms with van der Waals surface area (Å²) >= 11 is 0. The highest BCUT2D eigenvalue weighted by Gasteiger charge is 2.12. The quantitative estimate of drug-likeness (QED) is 0.809. The van der Waals surface area contributed by atoms with Gasteiger partial charge >= 0.3 is 0 Å². The summed E-state index contributed by atoms with van der Waals surface area (Å²) in [6.45, 7) is 6.07. The number of aromatic nitrogens is 2. The van der Waals surface area contributed by atoms with Crippen LogP contribution in [-0.2, 0) is 6.42 Å². The smallest absolute Gasteiger partial charge is 0.0809 e. The first kappa shape index (κ1) is 12.1. The van der Waals surface area contributed by atoms with Gasteiger partial charge in [-0.1, -0.05) is 26.7 Å². The molecule has 1 aromatic heterocycles. The Morgan fingerprint density at radius 3 is 2.67 bits per heavy atom. The molecule has 1 aromatic rings. The molecule has 0 radical (unpaired) electrons. The second kappa shape index (κ2) is 5.81. The highest BCUT2D eigenvalue weighted by atomic mass is 16.3. The number of aryl methyl sites for hydroxylation is 2. The Morgan fingerprint density at radius 2 is 2.07 bits per heavy atom. The van der Waals surface area contributed by atoms with E-state index in [1.807, 2.05) is 19.9 Å². The Labute approximate surface area is 91.6 Å². The van der Waals surface area contributed by atoms with Gasteiger partial charge < -0.3 is 5.11 Å². The number of hydrogen-bond donors (Lipinski definition) is 1. The summed E-state index contributed by atoms with van der Waals surface area (Å²) in [5, 5.41) is 18.1. The first-order chi connectivity index (χ1) is 7.19. The summed E-state index contributed by atoms with van der Waals surface area (Å²) in [5.74, 6) is 0. The van der Waals surface area contributed by atoms with Crippen LogP contribution < -0.4 is 0 Å². The van der Waals surface area contributed by atoms with Gasteiger partial charge in [0, 0.05) is 5.56 Å². The molecule has 0 aliphatic heterocycles. The second-order valence-corrected chi connectivity index (χ2v) is 3.90. The molecule has 3 nitrogen and oxygen atoms in total. The maximum Gasteiger partial charge on any atom is 0.0809 e. The van der Waals surface area contributed by atoms with Crippen LogP contribution in [0, 0.1) is 6.92 Å². The molecular weight excluding hydrogens is 188 g/mol. The Morgan fingerprint density at radius 1 is 1.33 bits per heavy atom. The van der Waals surface area contributed by atoms with Crippen LogP contribution in [0.25, 0.3) is 0 Å². The van der Waals surface area contributed by atoms with E-state index in [1.165, 1.54) is 0 Å². The van der Waals surface area contributed by atoms with Crippen LogP contribution in [0.3, 0.4) is 0 Å². The van der Waals surface area contributed by atoms with Crippen molar-refractivity contribution < 1.29 is 5.11 Å². The average molecular weight is 208 g/mol. The Bertz CT molecular complexity index is 312. The van der Waals surface area contributed by atoms with E-state index < -0.39 is 0 Å². The fraction of sp³-hybridized carbons (Fsp3) is 0.667. The van der Waals surface area contributed by atoms with E-state index in [-0.39, 0.29) is 6.10 Å². The molecule has 0 saturated carbocycles. The molecular formula is C12H20N2O. The van der Waals surface area contributed by atoms with Crippen LogP contribution in [0.4, 0.5) is 0 Å². The summed E-state index contributed by atoms with van der Waals surface area (Å²) in [6.07, 6.45) is 3.41. The van der Waals surface area contributed by atoms with Crippen LogP contribution >= 0.6 is 0 Å². The third-order valence-electron chi connectivity index (χ3n) is 2.55. The monoisotopic (exact) mass is 208 g/mol. The molecule has 3 heteroatoms. The lowest BCUT2D eigenvalue weighted by atomic mass is 10.0. The number of unbranched alkanes of at least 4 members (excludes halogenated alkanes) is 1. The van der Waals surface area contributed by atoms with Gasteiger partial charge in [-0.25, -0.2) is 0 Å². The van der Waals surface area contributed by atoms with E-state index in [1.54, 1.807) is 0 Å². The lowest BCUT2D eigenvalue weighted by molar-refractivity contribution is 0.162. The van der Waals surface area contributed by atoms with Gasteiger partial charge in [0.15, 0.2) is 0 Å². The van der Waals surface area contributed by atoms with Crippen LogP contribution in [0.15, 0.2) is 6.07 Å².